The molecule has 1 amide bonds. The molecule has 0 radical (unpaired) electrons. The summed E-state index contributed by atoms with van der Waals surface area (Å²) < 4.78 is 13.2. The first-order valence-corrected chi connectivity index (χ1v) is 11.3. The van der Waals surface area contributed by atoms with Gasteiger partial charge in [-0.25, -0.2) is 0 Å². The third kappa shape index (κ3) is 4.25. The van der Waals surface area contributed by atoms with E-state index in [0.29, 0.717) is 24.0 Å². The molecule has 0 spiro atoms. The SMILES string of the molecule is COc1ccc(OCCn2cc(/C=C3/NC(=S)N(c4ccccc4)C3=O)c3ccccc32)cc1. The number of fused-ring (bicyclic) bond motifs is 1. The first kappa shape index (κ1) is 21.7. The van der Waals surface area contributed by atoms with Crippen molar-refractivity contribution in [1.29, 1.82) is 0 Å². The molecule has 5 rings (SSSR count). The van der Waals surface area contributed by atoms with Crippen LogP contribution in [0.2, 0.25) is 0 Å². The van der Waals surface area contributed by atoms with Crippen LogP contribution in [0.25, 0.3) is 17.0 Å². The summed E-state index contributed by atoms with van der Waals surface area (Å²) in [6, 6.07) is 25.0. The number of rotatable bonds is 7. The van der Waals surface area contributed by atoms with Crippen molar-refractivity contribution in [1.82, 2.24) is 9.88 Å². The Morgan fingerprint density at radius 3 is 2.41 bits per heavy atom. The van der Waals surface area contributed by atoms with Crippen LogP contribution < -0.4 is 19.7 Å². The van der Waals surface area contributed by atoms with Crippen LogP contribution in [0, 0.1) is 0 Å². The molecule has 0 unspecified atom stereocenters. The number of carbonyl (C=O) groups is 1. The number of hydrogen-bond donors (Lipinski definition) is 1. The van der Waals surface area contributed by atoms with Gasteiger partial charge in [0.15, 0.2) is 5.11 Å². The van der Waals surface area contributed by atoms with Gasteiger partial charge in [0.25, 0.3) is 5.91 Å². The standard InChI is InChI=1S/C27H23N3O3S/c1-32-21-11-13-22(14-12-21)33-16-15-29-18-19(23-9-5-6-10-25(23)29)17-24-26(31)30(27(34)28-24)20-7-3-2-4-8-20/h2-14,17-18H,15-16H2,1H3,(H,28,34)/b24-17+. The smallest absolute Gasteiger partial charge is 0.281 e. The highest BCUT2D eigenvalue weighted by molar-refractivity contribution is 7.80. The van der Waals surface area contributed by atoms with E-state index < -0.39 is 0 Å². The van der Waals surface area contributed by atoms with E-state index in [1.165, 1.54) is 4.90 Å². The molecule has 170 valence electrons. The Balaban J connectivity index is 1.37. The number of nitrogens with one attached hydrogen (secondary N) is 1. The lowest BCUT2D eigenvalue weighted by Crippen LogP contribution is -2.30. The van der Waals surface area contributed by atoms with E-state index in [9.17, 15) is 4.79 Å². The van der Waals surface area contributed by atoms with Crippen LogP contribution in [0.3, 0.4) is 0 Å². The van der Waals surface area contributed by atoms with E-state index >= 15 is 0 Å². The minimum Gasteiger partial charge on any atom is -0.497 e. The predicted molar refractivity (Wildman–Crippen MR) is 138 cm³/mol. The molecule has 7 heteroatoms. The van der Waals surface area contributed by atoms with Crippen molar-refractivity contribution in [2.24, 2.45) is 0 Å². The summed E-state index contributed by atoms with van der Waals surface area (Å²) in [6.45, 7) is 1.16. The lowest BCUT2D eigenvalue weighted by molar-refractivity contribution is -0.113. The highest BCUT2D eigenvalue weighted by Crippen LogP contribution is 2.27. The number of thiocarbonyl (C=S) groups is 1. The van der Waals surface area contributed by atoms with Crippen LogP contribution in [0.4, 0.5) is 5.69 Å². The van der Waals surface area contributed by atoms with Crippen molar-refractivity contribution in [3.63, 3.8) is 0 Å². The zero-order valence-corrected chi connectivity index (χ0v) is 19.4. The summed E-state index contributed by atoms with van der Waals surface area (Å²) in [6.07, 6.45) is 3.90. The number of methoxy groups -OCH3 is 1. The van der Waals surface area contributed by atoms with Gasteiger partial charge in [0, 0.05) is 22.7 Å². The highest BCUT2D eigenvalue weighted by Gasteiger charge is 2.32. The number of aromatic nitrogens is 1. The molecule has 1 fully saturated rings. The molecular formula is C27H23N3O3S. The molecule has 1 N–H and O–H groups in total. The quantitative estimate of drug-likeness (QED) is 0.305. The Morgan fingerprint density at radius 2 is 1.65 bits per heavy atom. The van der Waals surface area contributed by atoms with E-state index in [4.69, 9.17) is 21.7 Å². The first-order chi connectivity index (χ1) is 16.6. The van der Waals surface area contributed by atoms with Crippen molar-refractivity contribution >= 4 is 45.9 Å². The molecule has 1 aliphatic rings. The maximum atomic E-state index is 13.1. The Labute approximate surface area is 203 Å². The first-order valence-electron chi connectivity index (χ1n) is 10.9. The van der Waals surface area contributed by atoms with E-state index in [1.807, 2.05) is 79.0 Å². The molecule has 0 aliphatic carbocycles. The summed E-state index contributed by atoms with van der Waals surface area (Å²) in [4.78, 5) is 14.6. The van der Waals surface area contributed by atoms with Gasteiger partial charge in [0.1, 0.15) is 23.8 Å². The topological polar surface area (TPSA) is 55.7 Å². The van der Waals surface area contributed by atoms with Gasteiger partial charge in [-0.15, -0.1) is 0 Å². The summed E-state index contributed by atoms with van der Waals surface area (Å²) >= 11 is 5.44. The van der Waals surface area contributed by atoms with E-state index in [0.717, 1.165) is 33.7 Å². The molecular weight excluding hydrogens is 446 g/mol. The molecule has 6 nitrogen and oxygen atoms in total. The monoisotopic (exact) mass is 469 g/mol. The van der Waals surface area contributed by atoms with Gasteiger partial charge in [-0.2, -0.15) is 0 Å². The molecule has 3 aromatic carbocycles. The average Bonchev–Trinajstić information content (AvgIpc) is 3.36. The number of ether oxygens (including phenoxy) is 2. The fraction of sp³-hybridized carbons (Fsp3) is 0.111. The zero-order chi connectivity index (χ0) is 23.5. The summed E-state index contributed by atoms with van der Waals surface area (Å²) in [5.74, 6) is 1.41. The maximum Gasteiger partial charge on any atom is 0.281 e. The number of anilines is 1. The van der Waals surface area contributed by atoms with Gasteiger partial charge >= 0.3 is 0 Å². The van der Waals surface area contributed by atoms with Crippen LogP contribution in [-0.4, -0.2) is 29.3 Å². The predicted octanol–water partition coefficient (Wildman–Crippen LogP) is 4.99. The van der Waals surface area contributed by atoms with Crippen molar-refractivity contribution in [3.05, 3.63) is 96.3 Å². The van der Waals surface area contributed by atoms with Crippen LogP contribution >= 0.6 is 12.2 Å². The second kappa shape index (κ2) is 9.41. The second-order valence-corrected chi connectivity index (χ2v) is 8.17. The molecule has 0 bridgehead atoms. The van der Waals surface area contributed by atoms with Gasteiger partial charge in [-0.05, 0) is 60.8 Å². The van der Waals surface area contributed by atoms with Crippen molar-refractivity contribution in [2.45, 2.75) is 6.54 Å². The highest BCUT2D eigenvalue weighted by atomic mass is 32.1. The fourth-order valence-electron chi connectivity index (χ4n) is 4.01. The number of hydrogen-bond acceptors (Lipinski definition) is 4. The van der Waals surface area contributed by atoms with E-state index in [1.54, 1.807) is 7.11 Å². The number of para-hydroxylation sites is 2. The summed E-state index contributed by atoms with van der Waals surface area (Å²) in [7, 11) is 1.64. The van der Waals surface area contributed by atoms with Gasteiger partial charge in [-0.3, -0.25) is 9.69 Å². The summed E-state index contributed by atoms with van der Waals surface area (Å²) in [5.41, 5.74) is 3.20. The van der Waals surface area contributed by atoms with Crippen LogP contribution in [0.15, 0.2) is 90.8 Å². The van der Waals surface area contributed by atoms with Crippen molar-refractivity contribution < 1.29 is 14.3 Å². The second-order valence-electron chi connectivity index (χ2n) is 7.78. The van der Waals surface area contributed by atoms with Gasteiger partial charge in [0.2, 0.25) is 0 Å². The minimum atomic E-state index is -0.170. The third-order valence-corrected chi connectivity index (χ3v) is 5.96. The number of nitrogens with zero attached hydrogens (tertiary/aromatic N) is 2. The van der Waals surface area contributed by atoms with Crippen LogP contribution in [0.5, 0.6) is 11.5 Å². The Kier molecular flexibility index (Phi) is 6.01. The molecule has 4 aromatic rings. The molecule has 34 heavy (non-hydrogen) atoms. The fourth-order valence-corrected chi connectivity index (χ4v) is 4.31. The normalized spacial score (nSPS) is 14.6. The number of amides is 1. The Hall–Kier alpha value is -4.10. The van der Waals surface area contributed by atoms with Crippen molar-refractivity contribution in [2.75, 3.05) is 18.6 Å². The van der Waals surface area contributed by atoms with Gasteiger partial charge in [-0.1, -0.05) is 36.4 Å². The van der Waals surface area contributed by atoms with E-state index in [-0.39, 0.29) is 5.91 Å². The number of benzene rings is 3. The third-order valence-electron chi connectivity index (χ3n) is 5.67. The van der Waals surface area contributed by atoms with Crippen LogP contribution in [-0.2, 0) is 11.3 Å². The molecule has 1 aromatic heterocycles. The molecule has 1 saturated heterocycles. The lowest BCUT2D eigenvalue weighted by Gasteiger charge is -2.13. The molecule has 0 atom stereocenters. The largest absolute Gasteiger partial charge is 0.497 e. The Bertz CT molecular complexity index is 1380. The Morgan fingerprint density at radius 1 is 0.941 bits per heavy atom. The van der Waals surface area contributed by atoms with Crippen LogP contribution in [0.1, 0.15) is 5.56 Å². The van der Waals surface area contributed by atoms with Gasteiger partial charge in [0.05, 0.1) is 19.3 Å². The maximum absolute atomic E-state index is 13.1. The summed E-state index contributed by atoms with van der Waals surface area (Å²) in [5, 5.41) is 4.50. The van der Waals surface area contributed by atoms with Gasteiger partial charge < -0.3 is 19.4 Å². The average molecular weight is 470 g/mol. The zero-order valence-electron chi connectivity index (χ0n) is 18.6. The molecule has 2 heterocycles. The minimum absolute atomic E-state index is 0.170. The number of carbonyl (C=O) groups excluding carboxylic acids is 1. The molecule has 1 aliphatic heterocycles. The molecule has 0 saturated carbocycles. The van der Waals surface area contributed by atoms with E-state index in [2.05, 4.69) is 22.0 Å². The van der Waals surface area contributed by atoms with Crippen molar-refractivity contribution in [3.8, 4) is 11.5 Å². The lowest BCUT2D eigenvalue weighted by atomic mass is 10.1.